The highest BCUT2D eigenvalue weighted by Gasteiger charge is 2.12. The van der Waals surface area contributed by atoms with Crippen LogP contribution in [0.25, 0.3) is 0 Å². The van der Waals surface area contributed by atoms with Gasteiger partial charge >= 0.3 is 0 Å². The smallest absolute Gasteiger partial charge is 0.276 e. The van der Waals surface area contributed by atoms with Crippen LogP contribution in [-0.4, -0.2) is 21.2 Å². The molecule has 0 atom stereocenters. The van der Waals surface area contributed by atoms with Crippen LogP contribution in [0.2, 0.25) is 0 Å². The molecule has 0 aliphatic rings. The summed E-state index contributed by atoms with van der Waals surface area (Å²) < 4.78 is 30.4. The molecule has 0 spiro atoms. The highest BCUT2D eigenvalue weighted by atomic mass is 79.9. The molecule has 5 nitrogen and oxygen atoms in total. The zero-order valence-electron chi connectivity index (χ0n) is 11.9. The Labute approximate surface area is 138 Å². The minimum atomic E-state index is -3.68. The topological polar surface area (TPSA) is 67.8 Å². The lowest BCUT2D eigenvalue weighted by Crippen LogP contribution is -2.18. The fourth-order valence-electron chi connectivity index (χ4n) is 1.65. The summed E-state index contributed by atoms with van der Waals surface area (Å²) in [5, 5.41) is 3.77. The Hall–Kier alpha value is -1.86. The molecule has 1 N–H and O–H groups in total. The van der Waals surface area contributed by atoms with Gasteiger partial charge in [0.2, 0.25) is 0 Å². The first-order valence-electron chi connectivity index (χ1n) is 6.54. The zero-order chi connectivity index (χ0) is 16.0. The largest absolute Gasteiger partial charge is 0.494 e. The van der Waals surface area contributed by atoms with Crippen molar-refractivity contribution in [3.8, 4) is 5.75 Å². The number of benzene rings is 2. The Morgan fingerprint density at radius 3 is 2.36 bits per heavy atom. The Balaban J connectivity index is 2.05. The van der Waals surface area contributed by atoms with Gasteiger partial charge in [0.25, 0.3) is 10.0 Å². The molecule has 0 aliphatic carbocycles. The predicted octanol–water partition coefficient (Wildman–Crippen LogP) is 3.16. The second-order valence-corrected chi connectivity index (χ2v) is 6.89. The average Bonchev–Trinajstić information content (AvgIpc) is 2.50. The van der Waals surface area contributed by atoms with Crippen molar-refractivity contribution in [1.29, 1.82) is 0 Å². The van der Waals surface area contributed by atoms with Gasteiger partial charge in [-0.05, 0) is 48.9 Å². The molecule has 0 saturated heterocycles. The molecule has 0 aliphatic heterocycles. The van der Waals surface area contributed by atoms with Crippen molar-refractivity contribution in [2.24, 2.45) is 5.10 Å². The van der Waals surface area contributed by atoms with Gasteiger partial charge in [-0.3, -0.25) is 0 Å². The third kappa shape index (κ3) is 4.57. The van der Waals surface area contributed by atoms with E-state index in [1.807, 2.05) is 31.2 Å². The van der Waals surface area contributed by atoms with Crippen molar-refractivity contribution >= 4 is 32.2 Å². The molecule has 0 aromatic heterocycles. The number of hydrogen-bond donors (Lipinski definition) is 1. The quantitative estimate of drug-likeness (QED) is 0.616. The molecular formula is C15H15BrN2O3S. The summed E-state index contributed by atoms with van der Waals surface area (Å²) in [5.74, 6) is 0.625. The fraction of sp³-hybridized carbons (Fsp3) is 0.133. The van der Waals surface area contributed by atoms with Gasteiger partial charge in [-0.25, -0.2) is 4.83 Å². The van der Waals surface area contributed by atoms with Crippen LogP contribution in [0.5, 0.6) is 5.75 Å². The van der Waals surface area contributed by atoms with Gasteiger partial charge in [0, 0.05) is 4.47 Å². The van der Waals surface area contributed by atoms with E-state index in [1.165, 1.54) is 18.3 Å². The van der Waals surface area contributed by atoms with E-state index in [1.54, 1.807) is 12.1 Å². The molecule has 116 valence electrons. The van der Waals surface area contributed by atoms with Gasteiger partial charge in [0.05, 0.1) is 17.7 Å². The maximum absolute atomic E-state index is 12.1. The third-order valence-corrected chi connectivity index (χ3v) is 4.47. The Morgan fingerprint density at radius 2 is 1.77 bits per heavy atom. The maximum atomic E-state index is 12.1. The zero-order valence-corrected chi connectivity index (χ0v) is 14.3. The molecule has 0 bridgehead atoms. The van der Waals surface area contributed by atoms with Crippen molar-refractivity contribution in [1.82, 2.24) is 4.83 Å². The van der Waals surface area contributed by atoms with E-state index in [2.05, 4.69) is 25.9 Å². The molecule has 2 aromatic carbocycles. The van der Waals surface area contributed by atoms with Crippen LogP contribution in [0.4, 0.5) is 0 Å². The van der Waals surface area contributed by atoms with E-state index in [0.29, 0.717) is 12.4 Å². The standard InChI is InChI=1S/C15H15BrN2O3S/c1-2-21-14-7-9-15(10-8-14)22(19,20)18-17-11-12-3-5-13(16)6-4-12/h3-11,18H,2H2,1H3/b17-11+. The first-order valence-corrected chi connectivity index (χ1v) is 8.82. The van der Waals surface area contributed by atoms with Crippen molar-refractivity contribution in [2.75, 3.05) is 6.61 Å². The molecule has 0 unspecified atom stereocenters. The minimum Gasteiger partial charge on any atom is -0.494 e. The summed E-state index contributed by atoms with van der Waals surface area (Å²) in [6, 6.07) is 13.5. The first kappa shape index (κ1) is 16.5. The van der Waals surface area contributed by atoms with E-state index >= 15 is 0 Å². The molecule has 0 saturated carbocycles. The van der Waals surface area contributed by atoms with Crippen LogP contribution < -0.4 is 9.57 Å². The molecule has 0 fully saturated rings. The highest BCUT2D eigenvalue weighted by molar-refractivity contribution is 9.10. The average molecular weight is 383 g/mol. The number of ether oxygens (including phenoxy) is 1. The number of nitrogens with one attached hydrogen (secondary N) is 1. The van der Waals surface area contributed by atoms with Gasteiger partial charge in [-0.2, -0.15) is 13.5 Å². The lowest BCUT2D eigenvalue weighted by molar-refractivity contribution is 0.340. The summed E-state index contributed by atoms with van der Waals surface area (Å²) in [7, 11) is -3.68. The van der Waals surface area contributed by atoms with E-state index in [4.69, 9.17) is 4.74 Å². The second kappa shape index (κ2) is 7.42. The van der Waals surface area contributed by atoms with Crippen LogP contribution >= 0.6 is 15.9 Å². The van der Waals surface area contributed by atoms with Crippen LogP contribution in [0, 0.1) is 0 Å². The summed E-state index contributed by atoms with van der Waals surface area (Å²) in [6.07, 6.45) is 1.44. The van der Waals surface area contributed by atoms with Gasteiger partial charge in [0.15, 0.2) is 0 Å². The van der Waals surface area contributed by atoms with Crippen molar-refractivity contribution < 1.29 is 13.2 Å². The molecule has 22 heavy (non-hydrogen) atoms. The minimum absolute atomic E-state index is 0.129. The lowest BCUT2D eigenvalue weighted by atomic mass is 10.2. The SMILES string of the molecule is CCOc1ccc(S(=O)(=O)N/N=C/c2ccc(Br)cc2)cc1. The predicted molar refractivity (Wildman–Crippen MR) is 89.7 cm³/mol. The van der Waals surface area contributed by atoms with Gasteiger partial charge in [-0.1, -0.05) is 28.1 Å². The monoisotopic (exact) mass is 382 g/mol. The summed E-state index contributed by atoms with van der Waals surface area (Å²) >= 11 is 3.33. The number of hydrazone groups is 1. The van der Waals surface area contributed by atoms with E-state index in [-0.39, 0.29) is 4.90 Å². The van der Waals surface area contributed by atoms with Crippen LogP contribution in [0.15, 0.2) is 63.0 Å². The number of nitrogens with zero attached hydrogens (tertiary/aromatic N) is 1. The van der Waals surface area contributed by atoms with E-state index in [9.17, 15) is 8.42 Å². The molecule has 2 aromatic rings. The van der Waals surface area contributed by atoms with Crippen LogP contribution in [0.1, 0.15) is 12.5 Å². The Morgan fingerprint density at radius 1 is 1.14 bits per heavy atom. The lowest BCUT2D eigenvalue weighted by Gasteiger charge is -2.05. The van der Waals surface area contributed by atoms with Crippen LogP contribution in [0.3, 0.4) is 0 Å². The number of halogens is 1. The molecule has 0 amide bonds. The molecular weight excluding hydrogens is 368 g/mol. The highest BCUT2D eigenvalue weighted by Crippen LogP contribution is 2.15. The van der Waals surface area contributed by atoms with Crippen molar-refractivity contribution in [3.05, 3.63) is 58.6 Å². The maximum Gasteiger partial charge on any atom is 0.276 e. The molecule has 7 heteroatoms. The normalized spacial score (nSPS) is 11.5. The summed E-state index contributed by atoms with van der Waals surface area (Å²) in [4.78, 5) is 2.31. The molecule has 0 radical (unpaired) electrons. The second-order valence-electron chi connectivity index (χ2n) is 4.31. The Bertz CT molecular complexity index is 741. The van der Waals surface area contributed by atoms with E-state index in [0.717, 1.165) is 10.0 Å². The molecule has 2 rings (SSSR count). The van der Waals surface area contributed by atoms with Gasteiger partial charge in [0.1, 0.15) is 5.75 Å². The van der Waals surface area contributed by atoms with Crippen molar-refractivity contribution in [2.45, 2.75) is 11.8 Å². The van der Waals surface area contributed by atoms with Crippen LogP contribution in [-0.2, 0) is 10.0 Å². The first-order chi connectivity index (χ1) is 10.5. The number of hydrogen-bond acceptors (Lipinski definition) is 4. The fourth-order valence-corrected chi connectivity index (χ4v) is 2.71. The summed E-state index contributed by atoms with van der Waals surface area (Å²) in [6.45, 7) is 2.39. The summed E-state index contributed by atoms with van der Waals surface area (Å²) in [5.41, 5.74) is 0.789. The Kier molecular flexibility index (Phi) is 5.57. The van der Waals surface area contributed by atoms with E-state index < -0.39 is 10.0 Å². The van der Waals surface area contributed by atoms with Crippen molar-refractivity contribution in [3.63, 3.8) is 0 Å². The third-order valence-electron chi connectivity index (χ3n) is 2.70. The molecule has 0 heterocycles. The van der Waals surface area contributed by atoms with Gasteiger partial charge in [-0.15, -0.1) is 0 Å². The van der Waals surface area contributed by atoms with Gasteiger partial charge < -0.3 is 4.74 Å². The number of sulfonamides is 1. The number of rotatable bonds is 6.